The van der Waals surface area contributed by atoms with Crippen LogP contribution in [0.3, 0.4) is 0 Å². The Labute approximate surface area is 47.8 Å². The van der Waals surface area contributed by atoms with Gasteiger partial charge in [-0.2, -0.15) is 0 Å². The molecule has 0 aromatic rings. The summed E-state index contributed by atoms with van der Waals surface area (Å²) in [5.74, 6) is 0. The van der Waals surface area contributed by atoms with E-state index in [2.05, 4.69) is 0 Å². The normalized spacial score (nSPS) is 9.67. The quantitative estimate of drug-likeness (QED) is 0.417. The minimum absolute atomic E-state index is 0. The van der Waals surface area contributed by atoms with Crippen molar-refractivity contribution in [3.05, 3.63) is 0 Å². The molecule has 0 atom stereocenters. The Bertz CT molecular complexity index is 90.7. The molecule has 6 heteroatoms. The summed E-state index contributed by atoms with van der Waals surface area (Å²) in [5.41, 5.74) is 0. The average Bonchev–Trinajstić information content (AvgIpc) is 0.722. The summed E-state index contributed by atoms with van der Waals surface area (Å²) in [6.07, 6.45) is 0. The summed E-state index contributed by atoms with van der Waals surface area (Å²) < 4.78 is 34.5. The third kappa shape index (κ3) is 131. The first-order valence-corrected chi connectivity index (χ1v) is 3.94. The Kier molecular flexibility index (Phi) is 4.61. The van der Waals surface area contributed by atoms with E-state index in [1.165, 1.54) is 0 Å². The van der Waals surface area contributed by atoms with Crippen LogP contribution in [0.1, 0.15) is 0 Å². The zero-order valence-electron chi connectivity index (χ0n) is 2.36. The van der Waals surface area contributed by atoms with Gasteiger partial charge < -0.3 is 0 Å². The fraction of sp³-hybridized carbons (Fsp3) is 0. The summed E-state index contributed by atoms with van der Waals surface area (Å²) in [6, 6.07) is 0. The molecular formula is MoNiO4. The molecule has 0 spiro atoms. The molecule has 0 bridgehead atoms. The Balaban J connectivity index is 0. The van der Waals surface area contributed by atoms with Gasteiger partial charge in [-0.05, 0) is 0 Å². The molecule has 4 nitrogen and oxygen atoms in total. The zero-order valence-corrected chi connectivity index (χ0v) is 5.35. The van der Waals surface area contributed by atoms with Crippen molar-refractivity contribution in [1.29, 1.82) is 0 Å². The van der Waals surface area contributed by atoms with Gasteiger partial charge in [-0.1, -0.05) is 0 Å². The van der Waals surface area contributed by atoms with Crippen molar-refractivity contribution < 1.29 is 47.6 Å². The van der Waals surface area contributed by atoms with Crippen LogP contribution in [0.4, 0.5) is 0 Å². The van der Waals surface area contributed by atoms with Gasteiger partial charge in [0.15, 0.2) is 0 Å². The number of hydrogen-bond donors (Lipinski definition) is 0. The van der Waals surface area contributed by atoms with E-state index in [0.29, 0.717) is 0 Å². The topological polar surface area (TPSA) is 80.3 Å². The Morgan fingerprint density at radius 2 is 1.17 bits per heavy atom. The fourth-order valence-electron chi connectivity index (χ4n) is 0. The fourth-order valence-corrected chi connectivity index (χ4v) is 0. The summed E-state index contributed by atoms with van der Waals surface area (Å²) in [7, 11) is 0. The molecule has 0 aliphatic carbocycles. The van der Waals surface area contributed by atoms with Crippen molar-refractivity contribution in [3.8, 4) is 0 Å². The molecular weight excluding hydrogens is 219 g/mol. The van der Waals surface area contributed by atoms with Gasteiger partial charge in [-0.25, -0.2) is 0 Å². The van der Waals surface area contributed by atoms with E-state index >= 15 is 0 Å². The van der Waals surface area contributed by atoms with E-state index in [-0.39, 0.29) is 16.5 Å². The van der Waals surface area contributed by atoms with E-state index in [4.69, 9.17) is 14.3 Å². The third-order valence-electron chi connectivity index (χ3n) is 0. The van der Waals surface area contributed by atoms with Crippen LogP contribution in [-0.2, 0) is 40.0 Å². The van der Waals surface area contributed by atoms with Crippen molar-refractivity contribution in [2.24, 2.45) is 0 Å². The number of hydrogen-bond acceptors (Lipinski definition) is 4. The van der Waals surface area contributed by atoms with Crippen molar-refractivity contribution in [2.75, 3.05) is 0 Å². The van der Waals surface area contributed by atoms with E-state index < -0.39 is 16.7 Å². The van der Waals surface area contributed by atoms with Gasteiger partial charge in [0.25, 0.3) is 0 Å². The molecule has 0 saturated heterocycles. The van der Waals surface area contributed by atoms with Crippen molar-refractivity contribution in [1.82, 2.24) is 0 Å². The molecule has 0 aromatic heterocycles. The third-order valence-corrected chi connectivity index (χ3v) is 0. The van der Waals surface area contributed by atoms with Crippen LogP contribution in [0.15, 0.2) is 0 Å². The summed E-state index contributed by atoms with van der Waals surface area (Å²) in [5, 5.41) is 0. The Hall–Kier alpha value is 0.702. The van der Waals surface area contributed by atoms with Gasteiger partial charge in [0.2, 0.25) is 0 Å². The first-order valence-electron chi connectivity index (χ1n) is 0.667. The predicted molar refractivity (Wildman–Crippen MR) is 1.37 cm³/mol. The van der Waals surface area contributed by atoms with Crippen molar-refractivity contribution >= 4 is 0 Å². The van der Waals surface area contributed by atoms with Crippen LogP contribution < -0.4 is 7.52 Å². The van der Waals surface area contributed by atoms with Crippen LogP contribution >= 0.6 is 0 Å². The van der Waals surface area contributed by atoms with Crippen LogP contribution in [0.25, 0.3) is 0 Å². The molecule has 0 unspecified atom stereocenters. The maximum atomic E-state index is 8.63. The monoisotopic (exact) mass is 220 g/mol. The minimum atomic E-state index is -6.02. The summed E-state index contributed by atoms with van der Waals surface area (Å²) in [6.45, 7) is 0. The summed E-state index contributed by atoms with van der Waals surface area (Å²) in [4.78, 5) is 0. The molecule has 0 fully saturated rings. The van der Waals surface area contributed by atoms with Gasteiger partial charge in [-0.3, -0.25) is 0 Å². The second-order valence-electron chi connectivity index (χ2n) is 0.408. The molecule has 0 aromatic carbocycles. The molecule has 0 aliphatic rings. The average molecular weight is 219 g/mol. The number of rotatable bonds is 0. The van der Waals surface area contributed by atoms with Gasteiger partial charge in [0.1, 0.15) is 0 Å². The van der Waals surface area contributed by atoms with Gasteiger partial charge in [0.05, 0.1) is 0 Å². The Morgan fingerprint density at radius 3 is 1.17 bits per heavy atom. The molecule has 0 rings (SSSR count). The van der Waals surface area contributed by atoms with Crippen molar-refractivity contribution in [3.63, 3.8) is 0 Å². The van der Waals surface area contributed by atoms with Gasteiger partial charge in [0, 0.05) is 0 Å². The van der Waals surface area contributed by atoms with Crippen LogP contribution in [-0.4, -0.2) is 0 Å². The Morgan fingerprint density at radius 1 is 1.17 bits per heavy atom. The molecule has 0 radical (unpaired) electrons. The second-order valence-corrected chi connectivity index (χ2v) is 2.42. The molecule has 0 amide bonds. The molecule has 6 heavy (non-hydrogen) atoms. The standard InChI is InChI=1S/Mo.Ni.4O/q;+2;;;2*-1. The predicted octanol–water partition coefficient (Wildman–Crippen LogP) is -2.62. The molecule has 0 saturated carbocycles. The summed E-state index contributed by atoms with van der Waals surface area (Å²) >= 11 is -6.02. The maximum absolute atomic E-state index is 8.63. The molecule has 0 heterocycles. The van der Waals surface area contributed by atoms with Crippen molar-refractivity contribution in [2.45, 2.75) is 0 Å². The van der Waals surface area contributed by atoms with E-state index in [1.807, 2.05) is 0 Å². The second kappa shape index (κ2) is 2.81. The zero-order chi connectivity index (χ0) is 4.50. The van der Waals surface area contributed by atoms with E-state index in [1.54, 1.807) is 0 Å². The van der Waals surface area contributed by atoms with Gasteiger partial charge in [-0.15, -0.1) is 0 Å². The van der Waals surface area contributed by atoms with Crippen LogP contribution in [0, 0.1) is 0 Å². The van der Waals surface area contributed by atoms with E-state index in [0.717, 1.165) is 0 Å². The van der Waals surface area contributed by atoms with Crippen LogP contribution in [0.5, 0.6) is 0 Å². The van der Waals surface area contributed by atoms with Gasteiger partial charge >= 0.3 is 47.6 Å². The first kappa shape index (κ1) is 9.86. The molecule has 0 aliphatic heterocycles. The van der Waals surface area contributed by atoms with Crippen LogP contribution in [0.2, 0.25) is 0 Å². The molecule has 0 N–H and O–H groups in total. The SMILES string of the molecule is [Ni+2].[O]=[Mo](=[O])([O-])[O-]. The van der Waals surface area contributed by atoms with E-state index in [9.17, 15) is 0 Å². The molecule has 40 valence electrons. The first-order chi connectivity index (χ1) is 2.00.